The van der Waals surface area contributed by atoms with Gasteiger partial charge in [0, 0.05) is 5.56 Å². The molecular formula is C16H27NO2. The Kier molecular flexibility index (Phi) is 4.33. The molecule has 1 atom stereocenters. The van der Waals surface area contributed by atoms with Crippen LogP contribution in [0.3, 0.4) is 0 Å². The van der Waals surface area contributed by atoms with Crippen LogP contribution in [-0.2, 0) is 10.8 Å². The molecule has 3 heteroatoms. The summed E-state index contributed by atoms with van der Waals surface area (Å²) in [7, 11) is 0. The molecule has 1 aromatic carbocycles. The Morgan fingerprint density at radius 1 is 1.05 bits per heavy atom. The number of aromatic hydroxyl groups is 1. The van der Waals surface area contributed by atoms with Gasteiger partial charge in [0.05, 0.1) is 12.6 Å². The zero-order chi connectivity index (χ0) is 15.0. The maximum Gasteiger partial charge on any atom is 0.124 e. The third kappa shape index (κ3) is 3.48. The average molecular weight is 265 g/mol. The summed E-state index contributed by atoms with van der Waals surface area (Å²) in [5.41, 5.74) is 8.33. The average Bonchev–Trinajstić information content (AvgIpc) is 2.25. The van der Waals surface area contributed by atoms with Crippen molar-refractivity contribution in [3.63, 3.8) is 0 Å². The van der Waals surface area contributed by atoms with Crippen molar-refractivity contribution in [2.24, 2.45) is 5.73 Å². The first-order valence-corrected chi connectivity index (χ1v) is 6.72. The molecule has 0 aliphatic carbocycles. The van der Waals surface area contributed by atoms with Crippen molar-refractivity contribution in [2.45, 2.75) is 58.4 Å². The highest BCUT2D eigenvalue weighted by Gasteiger charge is 2.26. The zero-order valence-corrected chi connectivity index (χ0v) is 12.9. The summed E-state index contributed by atoms with van der Waals surface area (Å²) in [4.78, 5) is 0. The van der Waals surface area contributed by atoms with Crippen molar-refractivity contribution in [3.05, 3.63) is 28.8 Å². The molecule has 108 valence electrons. The summed E-state index contributed by atoms with van der Waals surface area (Å²) in [6, 6.07) is 3.40. The molecule has 0 aliphatic rings. The molecule has 0 saturated carbocycles. The van der Waals surface area contributed by atoms with Crippen LogP contribution in [0.5, 0.6) is 5.75 Å². The molecule has 19 heavy (non-hydrogen) atoms. The maximum absolute atomic E-state index is 10.4. The van der Waals surface area contributed by atoms with Crippen molar-refractivity contribution in [1.29, 1.82) is 0 Å². The number of nitrogens with two attached hydrogens (primary N) is 1. The van der Waals surface area contributed by atoms with Gasteiger partial charge in [-0.3, -0.25) is 0 Å². The highest BCUT2D eigenvalue weighted by molar-refractivity contribution is 5.49. The van der Waals surface area contributed by atoms with Crippen molar-refractivity contribution in [3.8, 4) is 5.75 Å². The largest absolute Gasteiger partial charge is 0.507 e. The number of aliphatic hydroxyl groups excluding tert-OH is 1. The first kappa shape index (κ1) is 16.0. The maximum atomic E-state index is 10.4. The van der Waals surface area contributed by atoms with E-state index in [1.165, 1.54) is 0 Å². The summed E-state index contributed by atoms with van der Waals surface area (Å²) < 4.78 is 0. The van der Waals surface area contributed by atoms with Crippen LogP contribution in [-0.4, -0.2) is 16.8 Å². The third-order valence-electron chi connectivity index (χ3n) is 3.41. The summed E-state index contributed by atoms with van der Waals surface area (Å²) in [5.74, 6) is 0.210. The van der Waals surface area contributed by atoms with Crippen molar-refractivity contribution < 1.29 is 10.2 Å². The highest BCUT2D eigenvalue weighted by Crippen LogP contribution is 2.39. The van der Waals surface area contributed by atoms with Crippen LogP contribution < -0.4 is 5.73 Å². The summed E-state index contributed by atoms with van der Waals surface area (Å²) >= 11 is 0. The van der Waals surface area contributed by atoms with Crippen LogP contribution in [0, 0.1) is 0 Å². The monoisotopic (exact) mass is 265 g/mol. The smallest absolute Gasteiger partial charge is 0.124 e. The van der Waals surface area contributed by atoms with Gasteiger partial charge < -0.3 is 15.9 Å². The van der Waals surface area contributed by atoms with Gasteiger partial charge in [-0.15, -0.1) is 0 Å². The molecule has 0 saturated heterocycles. The minimum Gasteiger partial charge on any atom is -0.507 e. The van der Waals surface area contributed by atoms with E-state index in [1.807, 2.05) is 12.1 Å². The van der Waals surface area contributed by atoms with Gasteiger partial charge in [-0.1, -0.05) is 47.6 Å². The third-order valence-corrected chi connectivity index (χ3v) is 3.41. The predicted octanol–water partition coefficient (Wildman–Crippen LogP) is 2.98. The Morgan fingerprint density at radius 2 is 1.58 bits per heavy atom. The highest BCUT2D eigenvalue weighted by atomic mass is 16.3. The minimum absolute atomic E-state index is 0.0301. The van der Waals surface area contributed by atoms with E-state index in [2.05, 4.69) is 41.5 Å². The van der Waals surface area contributed by atoms with E-state index in [-0.39, 0.29) is 23.2 Å². The molecule has 4 N–H and O–H groups in total. The fourth-order valence-corrected chi connectivity index (χ4v) is 2.04. The molecule has 0 bridgehead atoms. The molecule has 0 heterocycles. The van der Waals surface area contributed by atoms with E-state index in [4.69, 9.17) is 5.73 Å². The van der Waals surface area contributed by atoms with Crippen LogP contribution in [0.15, 0.2) is 12.1 Å². The minimum atomic E-state index is -0.552. The Balaban J connectivity index is 3.57. The van der Waals surface area contributed by atoms with E-state index < -0.39 is 6.04 Å². The van der Waals surface area contributed by atoms with Gasteiger partial charge in [-0.2, -0.15) is 0 Å². The van der Waals surface area contributed by atoms with Crippen LogP contribution in [0.1, 0.15) is 64.3 Å². The number of hydrogen-bond donors (Lipinski definition) is 3. The molecule has 0 amide bonds. The lowest BCUT2D eigenvalue weighted by Crippen LogP contribution is -2.21. The topological polar surface area (TPSA) is 66.5 Å². The van der Waals surface area contributed by atoms with Crippen molar-refractivity contribution in [2.75, 3.05) is 6.61 Å². The van der Waals surface area contributed by atoms with E-state index in [1.54, 1.807) is 0 Å². The van der Waals surface area contributed by atoms with Gasteiger partial charge in [0.15, 0.2) is 0 Å². The summed E-state index contributed by atoms with van der Waals surface area (Å²) in [6.45, 7) is 12.4. The fourth-order valence-electron chi connectivity index (χ4n) is 2.04. The number of phenols is 1. The molecule has 0 radical (unpaired) electrons. The lowest BCUT2D eigenvalue weighted by molar-refractivity contribution is 0.264. The molecule has 3 nitrogen and oxygen atoms in total. The second-order valence-electron chi connectivity index (χ2n) is 7.25. The number of phenolic OH excluding ortho intramolecular Hbond substituents is 1. The molecule has 0 unspecified atom stereocenters. The quantitative estimate of drug-likeness (QED) is 0.770. The predicted molar refractivity (Wildman–Crippen MR) is 79.5 cm³/mol. The van der Waals surface area contributed by atoms with Crippen LogP contribution >= 0.6 is 0 Å². The van der Waals surface area contributed by atoms with Gasteiger partial charge >= 0.3 is 0 Å². The second-order valence-corrected chi connectivity index (χ2v) is 7.25. The molecule has 0 aliphatic heterocycles. The van der Waals surface area contributed by atoms with Crippen molar-refractivity contribution in [1.82, 2.24) is 0 Å². The van der Waals surface area contributed by atoms with E-state index in [9.17, 15) is 10.2 Å². The lowest BCUT2D eigenvalue weighted by atomic mass is 9.78. The van der Waals surface area contributed by atoms with Crippen molar-refractivity contribution >= 4 is 0 Å². The first-order chi connectivity index (χ1) is 8.48. The molecule has 0 spiro atoms. The molecule has 1 rings (SSSR count). The molecule has 0 fully saturated rings. The normalized spacial score (nSPS) is 14.5. The first-order valence-electron chi connectivity index (χ1n) is 6.72. The number of hydrogen-bond acceptors (Lipinski definition) is 3. The van der Waals surface area contributed by atoms with E-state index in [0.29, 0.717) is 5.56 Å². The van der Waals surface area contributed by atoms with Crippen LogP contribution in [0.4, 0.5) is 0 Å². The van der Waals surface area contributed by atoms with E-state index in [0.717, 1.165) is 11.1 Å². The van der Waals surface area contributed by atoms with Gasteiger partial charge in [-0.05, 0) is 28.0 Å². The Bertz CT molecular complexity index is 453. The van der Waals surface area contributed by atoms with E-state index >= 15 is 0 Å². The Hall–Kier alpha value is -1.06. The Labute approximate surface area is 116 Å². The standard InChI is InChI=1S/C16H27NO2/c1-15(2,3)10-7-11(13(17)9-18)14(19)12(8-10)16(4,5)6/h7-8,13,18-19H,9,17H2,1-6H3/t13-/m0/s1. The lowest BCUT2D eigenvalue weighted by Gasteiger charge is -2.28. The molecule has 0 aromatic heterocycles. The van der Waals surface area contributed by atoms with Crippen LogP contribution in [0.2, 0.25) is 0 Å². The van der Waals surface area contributed by atoms with Gasteiger partial charge in [-0.25, -0.2) is 0 Å². The number of benzene rings is 1. The molecule has 1 aromatic rings. The molecular weight excluding hydrogens is 238 g/mol. The Morgan fingerprint density at radius 3 is 1.95 bits per heavy atom. The summed E-state index contributed by atoms with van der Waals surface area (Å²) in [5, 5.41) is 19.7. The zero-order valence-electron chi connectivity index (χ0n) is 12.9. The van der Waals surface area contributed by atoms with Gasteiger partial charge in [0.25, 0.3) is 0 Å². The van der Waals surface area contributed by atoms with Gasteiger partial charge in [0.2, 0.25) is 0 Å². The fraction of sp³-hybridized carbons (Fsp3) is 0.625. The van der Waals surface area contributed by atoms with Crippen LogP contribution in [0.25, 0.3) is 0 Å². The van der Waals surface area contributed by atoms with Gasteiger partial charge in [0.1, 0.15) is 5.75 Å². The number of rotatable bonds is 2. The number of aliphatic hydroxyl groups is 1. The summed E-state index contributed by atoms with van der Waals surface area (Å²) in [6.07, 6.45) is 0. The SMILES string of the molecule is CC(C)(C)c1cc([C@@H](N)CO)c(O)c(C(C)(C)C)c1. The second kappa shape index (κ2) is 5.14.